The van der Waals surface area contributed by atoms with Gasteiger partial charge in [-0.2, -0.15) is 0 Å². The summed E-state index contributed by atoms with van der Waals surface area (Å²) in [5.41, 5.74) is 0.933. The van der Waals surface area contributed by atoms with E-state index in [4.69, 9.17) is 0 Å². The molecule has 4 nitrogen and oxygen atoms in total. The molecule has 0 radical (unpaired) electrons. The Morgan fingerprint density at radius 3 is 2.76 bits per heavy atom. The predicted octanol–water partition coefficient (Wildman–Crippen LogP) is 2.30. The minimum atomic E-state index is 0.538. The van der Waals surface area contributed by atoms with E-state index in [1.54, 1.807) is 0 Å². The van der Waals surface area contributed by atoms with Gasteiger partial charge < -0.3 is 4.90 Å². The van der Waals surface area contributed by atoms with Crippen LogP contribution in [0.2, 0.25) is 0 Å². The highest BCUT2D eigenvalue weighted by Gasteiger charge is 2.22. The zero-order chi connectivity index (χ0) is 11.8. The van der Waals surface area contributed by atoms with Gasteiger partial charge in [-0.15, -0.1) is 10.2 Å². The molecular formula is C12H15BrN4. The molecule has 3 heterocycles. The van der Waals surface area contributed by atoms with Crippen LogP contribution in [0.25, 0.3) is 5.65 Å². The average molecular weight is 295 g/mol. The summed E-state index contributed by atoms with van der Waals surface area (Å²) in [5.74, 6) is 1.64. The SMILES string of the molecule is CN1CCC(c2nnc3ccc(Br)cn23)CC1. The molecule has 2 aromatic heterocycles. The van der Waals surface area contributed by atoms with Gasteiger partial charge in [-0.25, -0.2) is 0 Å². The fourth-order valence-electron chi connectivity index (χ4n) is 2.43. The van der Waals surface area contributed by atoms with E-state index < -0.39 is 0 Å². The number of aromatic nitrogens is 3. The van der Waals surface area contributed by atoms with Crippen LogP contribution >= 0.6 is 15.9 Å². The summed E-state index contributed by atoms with van der Waals surface area (Å²) in [7, 11) is 2.18. The Morgan fingerprint density at radius 1 is 1.24 bits per heavy atom. The number of hydrogen-bond donors (Lipinski definition) is 0. The van der Waals surface area contributed by atoms with Gasteiger partial charge in [0.25, 0.3) is 0 Å². The van der Waals surface area contributed by atoms with Crippen molar-refractivity contribution in [3.8, 4) is 0 Å². The number of halogens is 1. The van der Waals surface area contributed by atoms with Gasteiger partial charge in [-0.1, -0.05) is 0 Å². The molecule has 17 heavy (non-hydrogen) atoms. The number of likely N-dealkylation sites (tertiary alicyclic amines) is 1. The van der Waals surface area contributed by atoms with Crippen LogP contribution in [0, 0.1) is 0 Å². The number of pyridine rings is 1. The van der Waals surface area contributed by atoms with Gasteiger partial charge in [-0.3, -0.25) is 4.40 Å². The van der Waals surface area contributed by atoms with Crippen LogP contribution in [-0.2, 0) is 0 Å². The lowest BCUT2D eigenvalue weighted by Crippen LogP contribution is -2.29. The first-order valence-corrected chi connectivity index (χ1v) is 6.72. The van der Waals surface area contributed by atoms with E-state index in [-0.39, 0.29) is 0 Å². The standard InChI is InChI=1S/C12H15BrN4/c1-16-6-4-9(5-7-16)12-15-14-11-3-2-10(13)8-17(11)12/h2-3,8-9H,4-7H2,1H3. The monoisotopic (exact) mass is 294 g/mol. The van der Waals surface area contributed by atoms with Gasteiger partial charge in [-0.05, 0) is 61.0 Å². The lowest BCUT2D eigenvalue weighted by atomic mass is 9.96. The largest absolute Gasteiger partial charge is 0.306 e. The fraction of sp³-hybridized carbons (Fsp3) is 0.500. The second-order valence-corrected chi connectivity index (χ2v) is 5.63. The number of nitrogens with zero attached hydrogens (tertiary/aromatic N) is 4. The number of piperidine rings is 1. The van der Waals surface area contributed by atoms with Gasteiger partial charge in [0, 0.05) is 16.6 Å². The van der Waals surface area contributed by atoms with Gasteiger partial charge in [0.1, 0.15) is 5.82 Å². The third kappa shape index (κ3) is 2.09. The Morgan fingerprint density at radius 2 is 2.00 bits per heavy atom. The fourth-order valence-corrected chi connectivity index (χ4v) is 2.76. The molecule has 0 amide bonds. The molecule has 0 unspecified atom stereocenters. The maximum atomic E-state index is 4.36. The van der Waals surface area contributed by atoms with Crippen molar-refractivity contribution in [2.24, 2.45) is 0 Å². The Hall–Kier alpha value is -0.940. The minimum Gasteiger partial charge on any atom is -0.306 e. The first kappa shape index (κ1) is 11.2. The molecule has 3 rings (SSSR count). The average Bonchev–Trinajstić information content (AvgIpc) is 2.73. The molecular weight excluding hydrogens is 280 g/mol. The van der Waals surface area contributed by atoms with Crippen LogP contribution in [0.15, 0.2) is 22.8 Å². The quantitative estimate of drug-likeness (QED) is 0.809. The number of fused-ring (bicyclic) bond motifs is 1. The van der Waals surface area contributed by atoms with Crippen molar-refractivity contribution in [1.82, 2.24) is 19.5 Å². The summed E-state index contributed by atoms with van der Waals surface area (Å²) in [4.78, 5) is 2.37. The maximum Gasteiger partial charge on any atom is 0.160 e. The molecule has 0 N–H and O–H groups in total. The van der Waals surface area contributed by atoms with Crippen molar-refractivity contribution in [3.05, 3.63) is 28.6 Å². The molecule has 90 valence electrons. The smallest absolute Gasteiger partial charge is 0.160 e. The van der Waals surface area contributed by atoms with E-state index in [9.17, 15) is 0 Å². The molecule has 0 aliphatic carbocycles. The zero-order valence-corrected chi connectivity index (χ0v) is 11.4. The van der Waals surface area contributed by atoms with Crippen molar-refractivity contribution in [2.45, 2.75) is 18.8 Å². The first-order valence-electron chi connectivity index (χ1n) is 5.93. The summed E-state index contributed by atoms with van der Waals surface area (Å²) in [6.07, 6.45) is 4.40. The number of rotatable bonds is 1. The predicted molar refractivity (Wildman–Crippen MR) is 70.2 cm³/mol. The van der Waals surface area contributed by atoms with Crippen molar-refractivity contribution < 1.29 is 0 Å². The van der Waals surface area contributed by atoms with E-state index in [0.717, 1.165) is 29.0 Å². The highest BCUT2D eigenvalue weighted by molar-refractivity contribution is 9.10. The Labute approximate surface area is 109 Å². The second kappa shape index (κ2) is 4.38. The molecule has 1 aliphatic heterocycles. The van der Waals surface area contributed by atoms with Crippen LogP contribution in [0.1, 0.15) is 24.6 Å². The van der Waals surface area contributed by atoms with Gasteiger partial charge in [0.05, 0.1) is 0 Å². The summed E-state index contributed by atoms with van der Waals surface area (Å²) < 4.78 is 3.18. The molecule has 0 aromatic carbocycles. The van der Waals surface area contributed by atoms with E-state index in [1.807, 2.05) is 12.1 Å². The summed E-state index contributed by atoms with van der Waals surface area (Å²) in [6.45, 7) is 2.29. The molecule has 5 heteroatoms. The molecule has 0 spiro atoms. The van der Waals surface area contributed by atoms with Gasteiger partial charge >= 0.3 is 0 Å². The van der Waals surface area contributed by atoms with Crippen molar-refractivity contribution in [3.63, 3.8) is 0 Å². The van der Waals surface area contributed by atoms with Gasteiger partial charge in [0.2, 0.25) is 0 Å². The topological polar surface area (TPSA) is 33.4 Å². The molecule has 0 saturated carbocycles. The molecule has 2 aromatic rings. The van der Waals surface area contributed by atoms with Crippen LogP contribution in [-0.4, -0.2) is 39.6 Å². The first-order chi connectivity index (χ1) is 8.24. The summed E-state index contributed by atoms with van der Waals surface area (Å²) >= 11 is 3.50. The Kier molecular flexibility index (Phi) is 2.88. The molecule has 0 bridgehead atoms. The van der Waals surface area contributed by atoms with E-state index in [0.29, 0.717) is 5.92 Å². The molecule has 0 atom stereocenters. The maximum absolute atomic E-state index is 4.36. The van der Waals surface area contributed by atoms with Crippen molar-refractivity contribution in [2.75, 3.05) is 20.1 Å². The lowest BCUT2D eigenvalue weighted by Gasteiger charge is -2.27. The minimum absolute atomic E-state index is 0.538. The zero-order valence-electron chi connectivity index (χ0n) is 9.80. The van der Waals surface area contributed by atoms with E-state index >= 15 is 0 Å². The van der Waals surface area contributed by atoms with Crippen LogP contribution in [0.5, 0.6) is 0 Å². The Balaban J connectivity index is 1.97. The highest BCUT2D eigenvalue weighted by atomic mass is 79.9. The van der Waals surface area contributed by atoms with E-state index in [1.165, 1.54) is 12.8 Å². The van der Waals surface area contributed by atoms with Crippen LogP contribution in [0.3, 0.4) is 0 Å². The second-order valence-electron chi connectivity index (χ2n) is 4.71. The van der Waals surface area contributed by atoms with E-state index in [2.05, 4.69) is 48.7 Å². The Bertz CT molecular complexity index is 528. The summed E-state index contributed by atoms with van der Waals surface area (Å²) in [5, 5.41) is 8.59. The van der Waals surface area contributed by atoms with Crippen molar-refractivity contribution >= 4 is 21.6 Å². The van der Waals surface area contributed by atoms with Crippen LogP contribution in [0.4, 0.5) is 0 Å². The summed E-state index contributed by atoms with van der Waals surface area (Å²) in [6, 6.07) is 4.00. The molecule has 1 fully saturated rings. The van der Waals surface area contributed by atoms with Gasteiger partial charge in [0.15, 0.2) is 5.65 Å². The normalized spacial score (nSPS) is 18.9. The molecule has 1 saturated heterocycles. The van der Waals surface area contributed by atoms with Crippen LogP contribution < -0.4 is 0 Å². The molecule has 1 aliphatic rings. The van der Waals surface area contributed by atoms with Crippen molar-refractivity contribution in [1.29, 1.82) is 0 Å². The lowest BCUT2D eigenvalue weighted by molar-refractivity contribution is 0.250. The third-order valence-corrected chi connectivity index (χ3v) is 3.95. The third-order valence-electron chi connectivity index (χ3n) is 3.48. The highest BCUT2D eigenvalue weighted by Crippen LogP contribution is 2.27. The number of hydrogen-bond acceptors (Lipinski definition) is 3.